The average molecular weight is 291 g/mol. The molecular formula is C9H10INO2. The molecule has 4 heteroatoms. The summed E-state index contributed by atoms with van der Waals surface area (Å²) in [5.74, 6) is -0.821. The molecule has 0 bridgehead atoms. The van der Waals surface area contributed by atoms with Crippen LogP contribution >= 0.6 is 22.9 Å². The molecule has 0 saturated carbocycles. The summed E-state index contributed by atoms with van der Waals surface area (Å²) >= 11 is 2.00. The first-order valence-corrected chi connectivity index (χ1v) is 4.82. The quantitative estimate of drug-likeness (QED) is 0.686. The van der Waals surface area contributed by atoms with E-state index < -0.39 is 12.0 Å². The Bertz CT molecular complexity index is 289. The van der Waals surface area contributed by atoms with Crippen LogP contribution in [0.15, 0.2) is 30.3 Å². The fourth-order valence-corrected chi connectivity index (χ4v) is 1.45. The molecule has 1 atom stereocenters. The number of nitrogens with zero attached hydrogens (tertiary/aromatic N) is 1. The van der Waals surface area contributed by atoms with E-state index >= 15 is 0 Å². The molecular weight excluding hydrogens is 281 g/mol. The molecule has 1 aromatic carbocycles. The van der Waals surface area contributed by atoms with Crippen molar-refractivity contribution in [2.45, 2.75) is 13.0 Å². The van der Waals surface area contributed by atoms with Gasteiger partial charge in [0.15, 0.2) is 0 Å². The molecule has 0 saturated heterocycles. The molecule has 0 aliphatic heterocycles. The van der Waals surface area contributed by atoms with E-state index in [0.29, 0.717) is 0 Å². The molecule has 0 unspecified atom stereocenters. The predicted molar refractivity (Wildman–Crippen MR) is 60.0 cm³/mol. The topological polar surface area (TPSA) is 40.5 Å². The fraction of sp³-hybridized carbons (Fsp3) is 0.222. The van der Waals surface area contributed by atoms with Crippen molar-refractivity contribution in [1.29, 1.82) is 0 Å². The predicted octanol–water partition coefficient (Wildman–Crippen LogP) is 2.32. The zero-order valence-corrected chi connectivity index (χ0v) is 9.30. The van der Waals surface area contributed by atoms with E-state index in [1.54, 1.807) is 10.0 Å². The third kappa shape index (κ3) is 2.58. The molecule has 0 fully saturated rings. The first kappa shape index (κ1) is 10.3. The summed E-state index contributed by atoms with van der Waals surface area (Å²) in [5, 5.41) is 8.77. The van der Waals surface area contributed by atoms with Crippen LogP contribution in [0.2, 0.25) is 0 Å². The molecule has 1 aromatic rings. The summed E-state index contributed by atoms with van der Waals surface area (Å²) in [6.07, 6.45) is 0. The number of carboxylic acid groups (broad SMARTS) is 1. The van der Waals surface area contributed by atoms with Crippen molar-refractivity contribution >= 4 is 34.5 Å². The van der Waals surface area contributed by atoms with Gasteiger partial charge in [0.1, 0.15) is 6.04 Å². The highest BCUT2D eigenvalue weighted by Gasteiger charge is 2.17. The van der Waals surface area contributed by atoms with Crippen molar-refractivity contribution in [1.82, 2.24) is 0 Å². The van der Waals surface area contributed by atoms with E-state index in [-0.39, 0.29) is 0 Å². The molecule has 1 rings (SSSR count). The Morgan fingerprint density at radius 3 is 2.46 bits per heavy atom. The van der Waals surface area contributed by atoms with Crippen LogP contribution in [0.5, 0.6) is 0 Å². The summed E-state index contributed by atoms with van der Waals surface area (Å²) in [4.78, 5) is 10.7. The van der Waals surface area contributed by atoms with Gasteiger partial charge in [-0.05, 0) is 19.1 Å². The zero-order chi connectivity index (χ0) is 9.84. The number of para-hydroxylation sites is 1. The lowest BCUT2D eigenvalue weighted by atomic mass is 10.3. The normalized spacial score (nSPS) is 12.2. The van der Waals surface area contributed by atoms with Crippen molar-refractivity contribution in [2.24, 2.45) is 0 Å². The molecule has 0 aliphatic carbocycles. The summed E-state index contributed by atoms with van der Waals surface area (Å²) in [5.41, 5.74) is 0.901. The molecule has 0 aliphatic rings. The van der Waals surface area contributed by atoms with E-state index in [2.05, 4.69) is 0 Å². The maximum Gasteiger partial charge on any atom is 0.326 e. The van der Waals surface area contributed by atoms with Crippen LogP contribution in [0.3, 0.4) is 0 Å². The maximum absolute atomic E-state index is 10.7. The summed E-state index contributed by atoms with van der Waals surface area (Å²) in [6, 6.07) is 8.92. The Kier molecular flexibility index (Phi) is 3.53. The molecule has 0 spiro atoms. The number of hydrogen-bond donors (Lipinski definition) is 1. The number of carboxylic acids is 1. The number of benzene rings is 1. The minimum absolute atomic E-state index is 0.511. The number of hydrogen-bond acceptors (Lipinski definition) is 2. The van der Waals surface area contributed by atoms with Gasteiger partial charge in [0.25, 0.3) is 0 Å². The number of anilines is 1. The van der Waals surface area contributed by atoms with Crippen LogP contribution in [-0.4, -0.2) is 17.1 Å². The number of halogens is 1. The Morgan fingerprint density at radius 1 is 1.46 bits per heavy atom. The second kappa shape index (κ2) is 4.45. The highest BCUT2D eigenvalue weighted by atomic mass is 127. The van der Waals surface area contributed by atoms with Crippen molar-refractivity contribution in [3.05, 3.63) is 30.3 Å². The first-order chi connectivity index (χ1) is 6.13. The zero-order valence-electron chi connectivity index (χ0n) is 7.14. The van der Waals surface area contributed by atoms with E-state index in [1.165, 1.54) is 0 Å². The van der Waals surface area contributed by atoms with Gasteiger partial charge in [-0.2, -0.15) is 0 Å². The minimum atomic E-state index is -0.821. The molecule has 1 N–H and O–H groups in total. The van der Waals surface area contributed by atoms with E-state index in [9.17, 15) is 4.79 Å². The van der Waals surface area contributed by atoms with Crippen LogP contribution in [0.1, 0.15) is 6.92 Å². The van der Waals surface area contributed by atoms with Gasteiger partial charge in [-0.15, -0.1) is 0 Å². The molecule has 0 heterocycles. The lowest BCUT2D eigenvalue weighted by molar-refractivity contribution is -0.137. The Labute approximate surface area is 90.9 Å². The van der Waals surface area contributed by atoms with Crippen molar-refractivity contribution in [3.8, 4) is 0 Å². The van der Waals surface area contributed by atoms with Gasteiger partial charge in [-0.25, -0.2) is 4.79 Å². The molecule has 3 nitrogen and oxygen atoms in total. The number of aliphatic carboxylic acids is 1. The van der Waals surface area contributed by atoms with Crippen molar-refractivity contribution in [2.75, 3.05) is 3.11 Å². The Morgan fingerprint density at radius 2 is 2.00 bits per heavy atom. The standard InChI is InChI=1S/C9H10INO2/c1-7(9(12)13)11(10)8-5-3-2-4-6-8/h2-7H,1H3,(H,12,13)/t7-/m0/s1. The van der Waals surface area contributed by atoms with Gasteiger partial charge in [0.05, 0.1) is 22.9 Å². The second-order valence-corrected chi connectivity index (χ2v) is 3.70. The lowest BCUT2D eigenvalue weighted by Crippen LogP contribution is -2.31. The van der Waals surface area contributed by atoms with Gasteiger partial charge < -0.3 is 8.22 Å². The third-order valence-corrected chi connectivity index (χ3v) is 3.09. The van der Waals surface area contributed by atoms with Crippen LogP contribution in [0.25, 0.3) is 0 Å². The molecule has 0 aromatic heterocycles. The molecule has 13 heavy (non-hydrogen) atoms. The number of rotatable bonds is 3. The first-order valence-electron chi connectivity index (χ1n) is 3.86. The van der Waals surface area contributed by atoms with Gasteiger partial charge in [-0.3, -0.25) is 0 Å². The highest BCUT2D eigenvalue weighted by molar-refractivity contribution is 14.1. The largest absolute Gasteiger partial charge is 0.480 e. The van der Waals surface area contributed by atoms with Crippen molar-refractivity contribution in [3.63, 3.8) is 0 Å². The number of carbonyl (C=O) groups is 1. The fourth-order valence-electron chi connectivity index (χ4n) is 0.891. The minimum Gasteiger partial charge on any atom is -0.480 e. The Hall–Kier alpha value is -0.780. The van der Waals surface area contributed by atoms with E-state index in [1.807, 2.05) is 53.2 Å². The summed E-state index contributed by atoms with van der Waals surface area (Å²) < 4.78 is 1.69. The summed E-state index contributed by atoms with van der Waals surface area (Å²) in [6.45, 7) is 1.65. The SMILES string of the molecule is C[C@@H](C(=O)O)N(I)c1ccccc1. The van der Waals surface area contributed by atoms with Crippen LogP contribution in [0.4, 0.5) is 5.69 Å². The Balaban J connectivity index is 2.79. The average Bonchev–Trinajstić information content (AvgIpc) is 2.17. The van der Waals surface area contributed by atoms with Gasteiger partial charge >= 0.3 is 5.97 Å². The third-order valence-electron chi connectivity index (χ3n) is 1.70. The van der Waals surface area contributed by atoms with Crippen molar-refractivity contribution < 1.29 is 9.90 Å². The highest BCUT2D eigenvalue weighted by Crippen LogP contribution is 2.20. The maximum atomic E-state index is 10.7. The van der Waals surface area contributed by atoms with Crippen LogP contribution < -0.4 is 3.11 Å². The van der Waals surface area contributed by atoms with Crippen LogP contribution in [-0.2, 0) is 4.79 Å². The second-order valence-electron chi connectivity index (χ2n) is 2.66. The van der Waals surface area contributed by atoms with E-state index in [0.717, 1.165) is 5.69 Å². The molecule has 70 valence electrons. The monoisotopic (exact) mass is 291 g/mol. The molecule has 0 radical (unpaired) electrons. The van der Waals surface area contributed by atoms with Crippen LogP contribution in [0, 0.1) is 0 Å². The van der Waals surface area contributed by atoms with Gasteiger partial charge in [0.2, 0.25) is 0 Å². The lowest BCUT2D eigenvalue weighted by Gasteiger charge is -2.20. The van der Waals surface area contributed by atoms with Gasteiger partial charge in [0, 0.05) is 5.69 Å². The smallest absolute Gasteiger partial charge is 0.326 e. The van der Waals surface area contributed by atoms with E-state index in [4.69, 9.17) is 5.11 Å². The van der Waals surface area contributed by atoms with Gasteiger partial charge in [-0.1, -0.05) is 18.2 Å². The molecule has 0 amide bonds. The summed E-state index contributed by atoms with van der Waals surface area (Å²) in [7, 11) is 0.